The SMILES string of the molecule is CNC(=O)C(N)Cc1cc(I)c(Oc2cc(I)c(O)c(I)c2)c(I)c1. The Kier molecular flexibility index (Phi) is 8.28. The predicted molar refractivity (Wildman–Crippen MR) is 131 cm³/mol. The molecule has 2 aromatic rings. The number of nitrogens with two attached hydrogens (primary N) is 1. The van der Waals surface area contributed by atoms with Crippen molar-refractivity contribution in [2.24, 2.45) is 5.73 Å². The number of hydrogen-bond donors (Lipinski definition) is 3. The van der Waals surface area contributed by atoms with Gasteiger partial charge in [0.15, 0.2) is 5.75 Å². The van der Waals surface area contributed by atoms with E-state index in [1.807, 2.05) is 12.1 Å². The lowest BCUT2D eigenvalue weighted by Gasteiger charge is -2.15. The molecule has 0 fully saturated rings. The van der Waals surface area contributed by atoms with Gasteiger partial charge in [0.25, 0.3) is 0 Å². The fourth-order valence-corrected chi connectivity index (χ4v) is 5.91. The van der Waals surface area contributed by atoms with Crippen LogP contribution in [-0.2, 0) is 11.2 Å². The monoisotopic (exact) mass is 790 g/mol. The Balaban J connectivity index is 2.27. The van der Waals surface area contributed by atoms with Crippen LogP contribution < -0.4 is 15.8 Å². The fraction of sp³-hybridized carbons (Fsp3) is 0.188. The second-order valence-electron chi connectivity index (χ2n) is 5.15. The summed E-state index contributed by atoms with van der Waals surface area (Å²) in [5.41, 5.74) is 6.87. The Hall–Kier alpha value is 0.390. The molecular weight excluding hydrogens is 776 g/mol. The van der Waals surface area contributed by atoms with Crippen LogP contribution in [0, 0.1) is 14.3 Å². The fourth-order valence-electron chi connectivity index (χ4n) is 2.08. The molecule has 9 heteroatoms. The van der Waals surface area contributed by atoms with Crippen LogP contribution in [0.15, 0.2) is 24.3 Å². The molecule has 25 heavy (non-hydrogen) atoms. The lowest BCUT2D eigenvalue weighted by molar-refractivity contribution is -0.121. The van der Waals surface area contributed by atoms with Crippen LogP contribution in [0.4, 0.5) is 0 Å². The number of carbonyl (C=O) groups is 1. The van der Waals surface area contributed by atoms with Crippen LogP contribution in [0.5, 0.6) is 17.2 Å². The number of likely N-dealkylation sites (N-methyl/N-ethyl adjacent to an activating group) is 1. The largest absolute Gasteiger partial charge is 0.506 e. The number of carbonyl (C=O) groups excluding carboxylic acids is 1. The molecule has 2 rings (SSSR count). The number of aromatic hydroxyl groups is 1. The van der Waals surface area contributed by atoms with E-state index in [2.05, 4.69) is 95.7 Å². The quantitative estimate of drug-likeness (QED) is 0.397. The predicted octanol–water partition coefficient (Wildman–Crippen LogP) is 4.22. The van der Waals surface area contributed by atoms with Gasteiger partial charge >= 0.3 is 0 Å². The summed E-state index contributed by atoms with van der Waals surface area (Å²) >= 11 is 8.57. The first-order chi connectivity index (χ1) is 11.7. The zero-order chi connectivity index (χ0) is 18.7. The maximum absolute atomic E-state index is 11.6. The van der Waals surface area contributed by atoms with Crippen molar-refractivity contribution < 1.29 is 14.6 Å². The number of halogens is 4. The number of phenolic OH excluding ortho intramolecular Hbond substituents is 1. The number of hydrogen-bond acceptors (Lipinski definition) is 4. The first kappa shape index (κ1) is 21.7. The van der Waals surface area contributed by atoms with Gasteiger partial charge < -0.3 is 20.9 Å². The van der Waals surface area contributed by atoms with Crippen LogP contribution in [0.25, 0.3) is 0 Å². The highest BCUT2D eigenvalue weighted by molar-refractivity contribution is 14.1. The highest BCUT2D eigenvalue weighted by Crippen LogP contribution is 2.36. The van der Waals surface area contributed by atoms with Gasteiger partial charge in [0.1, 0.15) is 11.5 Å². The second kappa shape index (κ2) is 9.54. The molecule has 134 valence electrons. The topological polar surface area (TPSA) is 84.6 Å². The molecule has 1 unspecified atom stereocenters. The van der Waals surface area contributed by atoms with E-state index in [4.69, 9.17) is 10.5 Å². The third-order valence-corrected chi connectivity index (χ3v) is 6.55. The standard InChI is InChI=1S/C16H14I4N2O3/c1-22-16(24)13(21)4-7-2-11(19)15(12(20)3-7)25-8-5-9(17)14(23)10(18)6-8/h2-3,5-6,13,23H,4,21H2,1H3,(H,22,24). The van der Waals surface area contributed by atoms with Crippen molar-refractivity contribution in [2.45, 2.75) is 12.5 Å². The molecule has 0 saturated heterocycles. The van der Waals surface area contributed by atoms with E-state index < -0.39 is 6.04 Å². The smallest absolute Gasteiger partial charge is 0.237 e. The maximum Gasteiger partial charge on any atom is 0.237 e. The molecule has 4 N–H and O–H groups in total. The summed E-state index contributed by atoms with van der Waals surface area (Å²) in [5.74, 6) is 1.49. The van der Waals surface area contributed by atoms with Crippen LogP contribution in [-0.4, -0.2) is 24.1 Å². The maximum atomic E-state index is 11.6. The highest BCUT2D eigenvalue weighted by Gasteiger charge is 2.16. The van der Waals surface area contributed by atoms with E-state index in [-0.39, 0.29) is 11.7 Å². The number of rotatable bonds is 5. The van der Waals surface area contributed by atoms with Gasteiger partial charge in [-0.15, -0.1) is 0 Å². The van der Waals surface area contributed by atoms with Gasteiger partial charge in [0, 0.05) is 7.05 Å². The highest BCUT2D eigenvalue weighted by atomic mass is 127. The molecule has 5 nitrogen and oxygen atoms in total. The van der Waals surface area contributed by atoms with Gasteiger partial charge in [-0.2, -0.15) is 0 Å². The zero-order valence-electron chi connectivity index (χ0n) is 12.9. The second-order valence-corrected chi connectivity index (χ2v) is 9.80. The summed E-state index contributed by atoms with van der Waals surface area (Å²) in [6, 6.07) is 6.94. The van der Waals surface area contributed by atoms with Crippen molar-refractivity contribution in [1.82, 2.24) is 5.32 Å². The summed E-state index contributed by atoms with van der Waals surface area (Å²) in [6.45, 7) is 0. The lowest BCUT2D eigenvalue weighted by atomic mass is 10.1. The third kappa shape index (κ3) is 5.68. The average molecular weight is 790 g/mol. The number of benzene rings is 2. The Labute approximate surface area is 200 Å². The minimum Gasteiger partial charge on any atom is -0.506 e. The third-order valence-electron chi connectivity index (χ3n) is 3.31. The van der Waals surface area contributed by atoms with Crippen LogP contribution in [0.3, 0.4) is 0 Å². The Morgan fingerprint density at radius 1 is 1.12 bits per heavy atom. The van der Waals surface area contributed by atoms with Gasteiger partial charge in [0.2, 0.25) is 5.91 Å². The summed E-state index contributed by atoms with van der Waals surface area (Å²) in [5, 5.41) is 12.4. The summed E-state index contributed by atoms with van der Waals surface area (Å²) in [7, 11) is 1.58. The van der Waals surface area contributed by atoms with Gasteiger partial charge in [0.05, 0.1) is 20.3 Å². The molecule has 0 bridgehead atoms. The van der Waals surface area contributed by atoms with E-state index in [0.717, 1.165) is 25.6 Å². The molecule has 1 atom stereocenters. The summed E-state index contributed by atoms with van der Waals surface area (Å²) in [6.07, 6.45) is 0.459. The minimum absolute atomic E-state index is 0.182. The van der Waals surface area contributed by atoms with Crippen LogP contribution in [0.2, 0.25) is 0 Å². The zero-order valence-corrected chi connectivity index (χ0v) is 21.6. The molecule has 0 heterocycles. The Bertz CT molecular complexity index is 768. The first-order valence-electron chi connectivity index (χ1n) is 7.04. The summed E-state index contributed by atoms with van der Waals surface area (Å²) < 4.78 is 9.37. The van der Waals surface area contributed by atoms with E-state index in [1.165, 1.54) is 0 Å². The van der Waals surface area contributed by atoms with Crippen LogP contribution >= 0.6 is 90.4 Å². The van der Waals surface area contributed by atoms with Crippen molar-refractivity contribution in [2.75, 3.05) is 7.05 Å². The van der Waals surface area contributed by atoms with E-state index in [9.17, 15) is 9.90 Å². The molecule has 0 aromatic heterocycles. The molecule has 0 aliphatic carbocycles. The normalized spacial score (nSPS) is 11.9. The van der Waals surface area contributed by atoms with E-state index in [0.29, 0.717) is 12.2 Å². The van der Waals surface area contributed by atoms with Crippen molar-refractivity contribution >= 4 is 96.3 Å². The van der Waals surface area contributed by atoms with Gasteiger partial charge in [-0.3, -0.25) is 4.79 Å². The minimum atomic E-state index is -0.580. The van der Waals surface area contributed by atoms with Crippen molar-refractivity contribution in [3.05, 3.63) is 44.1 Å². The molecule has 0 aliphatic rings. The van der Waals surface area contributed by atoms with E-state index >= 15 is 0 Å². The Morgan fingerprint density at radius 2 is 1.64 bits per heavy atom. The van der Waals surface area contributed by atoms with Gasteiger partial charge in [-0.25, -0.2) is 0 Å². The molecular formula is C16H14I4N2O3. The Morgan fingerprint density at radius 3 is 2.12 bits per heavy atom. The van der Waals surface area contributed by atoms with Crippen molar-refractivity contribution in [3.63, 3.8) is 0 Å². The number of phenols is 1. The van der Waals surface area contributed by atoms with Crippen molar-refractivity contribution in [1.29, 1.82) is 0 Å². The first-order valence-corrected chi connectivity index (χ1v) is 11.4. The van der Waals surface area contributed by atoms with Gasteiger partial charge in [-0.1, -0.05) is 0 Å². The molecule has 0 radical (unpaired) electrons. The molecule has 2 aromatic carbocycles. The summed E-state index contributed by atoms with van der Waals surface area (Å²) in [4.78, 5) is 11.6. The van der Waals surface area contributed by atoms with Crippen LogP contribution in [0.1, 0.15) is 5.56 Å². The number of nitrogens with one attached hydrogen (secondary N) is 1. The molecule has 1 amide bonds. The average Bonchev–Trinajstić information content (AvgIpc) is 2.55. The lowest BCUT2D eigenvalue weighted by Crippen LogP contribution is -2.40. The molecule has 0 spiro atoms. The number of amides is 1. The van der Waals surface area contributed by atoms with E-state index in [1.54, 1.807) is 19.2 Å². The number of ether oxygens (including phenoxy) is 1. The molecule has 0 aliphatic heterocycles. The van der Waals surface area contributed by atoms with Crippen molar-refractivity contribution in [3.8, 4) is 17.2 Å². The molecule has 0 saturated carbocycles. The van der Waals surface area contributed by atoms with Gasteiger partial charge in [-0.05, 0) is 127 Å².